The van der Waals surface area contributed by atoms with Gasteiger partial charge in [-0.05, 0) is 18.8 Å². The average molecular weight is 177 g/mol. The first-order valence-electron chi connectivity index (χ1n) is 2.89. The van der Waals surface area contributed by atoms with Gasteiger partial charge in [0.15, 0.2) is 0 Å². The number of carbonyl (C=O) groups is 1. The minimum atomic E-state index is 0.410. The fraction of sp³-hybridized carbons (Fsp3) is 0.833. The van der Waals surface area contributed by atoms with Crippen LogP contribution in [-0.4, -0.2) is 11.6 Å². The minimum absolute atomic E-state index is 0.410. The van der Waals surface area contributed by atoms with Crippen molar-refractivity contribution >= 4 is 22.2 Å². The van der Waals surface area contributed by atoms with E-state index in [9.17, 15) is 4.79 Å². The SMILES string of the molecule is O=C[C@H]1C[C@H]1CCBr. The lowest BCUT2D eigenvalue weighted by molar-refractivity contribution is -0.109. The summed E-state index contributed by atoms with van der Waals surface area (Å²) in [5.74, 6) is 1.12. The molecule has 2 heteroatoms. The Balaban J connectivity index is 2.07. The van der Waals surface area contributed by atoms with Crippen molar-refractivity contribution in [3.8, 4) is 0 Å². The number of hydrogen-bond acceptors (Lipinski definition) is 1. The first-order chi connectivity index (χ1) is 3.88. The van der Waals surface area contributed by atoms with Crippen LogP contribution in [0.3, 0.4) is 0 Å². The maximum atomic E-state index is 10.0. The van der Waals surface area contributed by atoms with Gasteiger partial charge in [-0.15, -0.1) is 0 Å². The second-order valence-corrected chi connectivity index (χ2v) is 3.07. The Kier molecular flexibility index (Phi) is 2.06. The van der Waals surface area contributed by atoms with E-state index in [4.69, 9.17) is 0 Å². The molecule has 0 N–H and O–H groups in total. The number of rotatable bonds is 3. The molecule has 2 atom stereocenters. The van der Waals surface area contributed by atoms with Crippen LogP contribution in [0.4, 0.5) is 0 Å². The molecular weight excluding hydrogens is 168 g/mol. The Labute approximate surface area is 57.6 Å². The van der Waals surface area contributed by atoms with Gasteiger partial charge >= 0.3 is 0 Å². The zero-order valence-corrected chi connectivity index (χ0v) is 6.23. The van der Waals surface area contributed by atoms with Crippen molar-refractivity contribution in [3.63, 3.8) is 0 Å². The van der Waals surface area contributed by atoms with Crippen LogP contribution in [0.2, 0.25) is 0 Å². The molecule has 0 unspecified atom stereocenters. The summed E-state index contributed by atoms with van der Waals surface area (Å²) in [6, 6.07) is 0. The highest BCUT2D eigenvalue weighted by molar-refractivity contribution is 9.09. The van der Waals surface area contributed by atoms with Crippen LogP contribution in [-0.2, 0) is 4.79 Å². The highest BCUT2D eigenvalue weighted by Crippen LogP contribution is 2.39. The first-order valence-corrected chi connectivity index (χ1v) is 4.02. The molecule has 0 aromatic heterocycles. The third-order valence-electron chi connectivity index (χ3n) is 1.63. The molecule has 0 aliphatic heterocycles. The standard InChI is InChI=1S/C6H9BrO/c7-2-1-5-3-6(5)4-8/h4-6H,1-3H2/t5-,6-/m1/s1. The molecule has 0 aromatic carbocycles. The van der Waals surface area contributed by atoms with E-state index in [1.807, 2.05) is 0 Å². The summed E-state index contributed by atoms with van der Waals surface area (Å²) < 4.78 is 0. The Morgan fingerprint density at radius 3 is 2.88 bits per heavy atom. The molecule has 1 nitrogen and oxygen atoms in total. The van der Waals surface area contributed by atoms with Crippen molar-refractivity contribution in [1.29, 1.82) is 0 Å². The second-order valence-electron chi connectivity index (χ2n) is 2.27. The molecule has 1 rings (SSSR count). The fourth-order valence-electron chi connectivity index (χ4n) is 0.910. The third-order valence-corrected chi connectivity index (χ3v) is 2.09. The van der Waals surface area contributed by atoms with Gasteiger partial charge in [-0.2, -0.15) is 0 Å². The van der Waals surface area contributed by atoms with Crippen molar-refractivity contribution in [1.82, 2.24) is 0 Å². The van der Waals surface area contributed by atoms with Crippen LogP contribution in [0.25, 0.3) is 0 Å². The van der Waals surface area contributed by atoms with Gasteiger partial charge in [-0.3, -0.25) is 0 Å². The van der Waals surface area contributed by atoms with Crippen molar-refractivity contribution in [3.05, 3.63) is 0 Å². The lowest BCUT2D eigenvalue weighted by Crippen LogP contribution is -1.83. The smallest absolute Gasteiger partial charge is 0.123 e. The number of aldehydes is 1. The molecular formula is C6H9BrO. The van der Waals surface area contributed by atoms with Crippen LogP contribution in [0.5, 0.6) is 0 Å². The number of halogens is 1. The fourth-order valence-corrected chi connectivity index (χ4v) is 1.50. The van der Waals surface area contributed by atoms with Gasteiger partial charge in [0.2, 0.25) is 0 Å². The molecule has 0 aromatic rings. The Morgan fingerprint density at radius 2 is 2.50 bits per heavy atom. The van der Waals surface area contributed by atoms with Crippen molar-refractivity contribution in [2.45, 2.75) is 12.8 Å². The number of alkyl halides is 1. The summed E-state index contributed by atoms with van der Waals surface area (Å²) in [6.45, 7) is 0. The van der Waals surface area contributed by atoms with Crippen LogP contribution >= 0.6 is 15.9 Å². The highest BCUT2D eigenvalue weighted by Gasteiger charge is 2.35. The van der Waals surface area contributed by atoms with Gasteiger partial charge in [-0.1, -0.05) is 15.9 Å². The minimum Gasteiger partial charge on any atom is -0.303 e. The Bertz CT molecular complexity index is 92.5. The van der Waals surface area contributed by atoms with E-state index in [2.05, 4.69) is 15.9 Å². The zero-order valence-electron chi connectivity index (χ0n) is 4.64. The van der Waals surface area contributed by atoms with E-state index in [-0.39, 0.29) is 0 Å². The van der Waals surface area contributed by atoms with Crippen LogP contribution in [0, 0.1) is 11.8 Å². The van der Waals surface area contributed by atoms with E-state index >= 15 is 0 Å². The molecule has 0 amide bonds. The quantitative estimate of drug-likeness (QED) is 0.472. The van der Waals surface area contributed by atoms with Crippen LogP contribution in [0.15, 0.2) is 0 Å². The average Bonchev–Trinajstić information content (AvgIpc) is 2.48. The molecule has 46 valence electrons. The largest absolute Gasteiger partial charge is 0.303 e. The van der Waals surface area contributed by atoms with Gasteiger partial charge in [0.05, 0.1) is 0 Å². The van der Waals surface area contributed by atoms with Gasteiger partial charge in [0.25, 0.3) is 0 Å². The van der Waals surface area contributed by atoms with Crippen LogP contribution < -0.4 is 0 Å². The second kappa shape index (κ2) is 2.62. The molecule has 0 saturated heterocycles. The van der Waals surface area contributed by atoms with E-state index in [1.54, 1.807) is 0 Å². The summed E-state index contributed by atoms with van der Waals surface area (Å²) in [5.41, 5.74) is 0. The van der Waals surface area contributed by atoms with E-state index in [1.165, 1.54) is 6.42 Å². The first kappa shape index (κ1) is 6.27. The number of hydrogen-bond donors (Lipinski definition) is 0. The summed E-state index contributed by atoms with van der Waals surface area (Å²) in [5, 5.41) is 1.04. The monoisotopic (exact) mass is 176 g/mol. The zero-order chi connectivity index (χ0) is 5.98. The third kappa shape index (κ3) is 1.31. The Morgan fingerprint density at radius 1 is 1.75 bits per heavy atom. The molecule has 0 spiro atoms. The van der Waals surface area contributed by atoms with E-state index in [0.29, 0.717) is 11.8 Å². The van der Waals surface area contributed by atoms with Crippen molar-refractivity contribution < 1.29 is 4.79 Å². The lowest BCUT2D eigenvalue weighted by Gasteiger charge is -1.84. The van der Waals surface area contributed by atoms with Gasteiger partial charge in [0.1, 0.15) is 6.29 Å². The van der Waals surface area contributed by atoms with Crippen LogP contribution in [0.1, 0.15) is 12.8 Å². The molecule has 1 fully saturated rings. The summed E-state index contributed by atoms with van der Waals surface area (Å²) in [6.07, 6.45) is 3.38. The maximum Gasteiger partial charge on any atom is 0.123 e. The van der Waals surface area contributed by atoms with Crippen molar-refractivity contribution in [2.75, 3.05) is 5.33 Å². The summed E-state index contributed by atoms with van der Waals surface area (Å²) in [7, 11) is 0. The Hall–Kier alpha value is 0.150. The van der Waals surface area contributed by atoms with E-state index in [0.717, 1.165) is 18.0 Å². The predicted octanol–water partition coefficient (Wildman–Crippen LogP) is 1.61. The molecule has 0 heterocycles. The molecule has 0 bridgehead atoms. The predicted molar refractivity (Wildman–Crippen MR) is 36.1 cm³/mol. The topological polar surface area (TPSA) is 17.1 Å². The molecule has 1 aliphatic carbocycles. The number of carbonyl (C=O) groups excluding carboxylic acids is 1. The van der Waals surface area contributed by atoms with Gasteiger partial charge in [0, 0.05) is 11.2 Å². The summed E-state index contributed by atoms with van der Waals surface area (Å²) in [4.78, 5) is 10.0. The van der Waals surface area contributed by atoms with Crippen molar-refractivity contribution in [2.24, 2.45) is 11.8 Å². The molecule has 0 radical (unpaired) electrons. The lowest BCUT2D eigenvalue weighted by atomic mass is 10.3. The molecule has 8 heavy (non-hydrogen) atoms. The summed E-state index contributed by atoms with van der Waals surface area (Å²) >= 11 is 3.33. The molecule has 1 aliphatic rings. The maximum absolute atomic E-state index is 10.0. The van der Waals surface area contributed by atoms with Gasteiger partial charge in [-0.25, -0.2) is 0 Å². The normalized spacial score (nSPS) is 34.6. The van der Waals surface area contributed by atoms with E-state index < -0.39 is 0 Å². The molecule has 1 saturated carbocycles. The van der Waals surface area contributed by atoms with Gasteiger partial charge < -0.3 is 4.79 Å². The highest BCUT2D eigenvalue weighted by atomic mass is 79.9.